The Hall–Kier alpha value is -2.95. The molecule has 0 aliphatic carbocycles. The van der Waals surface area contributed by atoms with Crippen LogP contribution in [0, 0.1) is 11.5 Å². The van der Waals surface area contributed by atoms with Gasteiger partial charge in [-0.3, -0.25) is 0 Å². The molecule has 0 saturated heterocycles. The van der Waals surface area contributed by atoms with Crippen LogP contribution in [0.5, 0.6) is 5.88 Å². The first-order valence-corrected chi connectivity index (χ1v) is 14.6. The predicted octanol–water partition coefficient (Wildman–Crippen LogP) is 6.41. The Morgan fingerprint density at radius 2 is 1.69 bits per heavy atom. The van der Waals surface area contributed by atoms with Gasteiger partial charge < -0.3 is 15.0 Å². The van der Waals surface area contributed by atoms with Crippen LogP contribution in [0.25, 0.3) is 11.0 Å². The minimum atomic E-state index is -1.88. The van der Waals surface area contributed by atoms with Crippen LogP contribution in [0.3, 0.4) is 0 Å². The van der Waals surface area contributed by atoms with Gasteiger partial charge >= 0.3 is 0 Å². The smallest absolute Gasteiger partial charge is 0.229 e. The summed E-state index contributed by atoms with van der Waals surface area (Å²) in [5.74, 6) is 4.53. The number of rotatable bonds is 8. The number of ether oxygens (including phenoxy) is 1. The first kappa shape index (κ1) is 26.6. The number of hydrogen-bond acceptors (Lipinski definition) is 6. The molecule has 2 heterocycles. The summed E-state index contributed by atoms with van der Waals surface area (Å²) in [5, 5.41) is 4.15. The average Bonchev–Trinajstić information content (AvgIpc) is 2.78. The van der Waals surface area contributed by atoms with Crippen LogP contribution in [0.2, 0.25) is 16.6 Å². The van der Waals surface area contributed by atoms with Crippen molar-refractivity contribution in [3.63, 3.8) is 0 Å². The lowest BCUT2D eigenvalue weighted by atomic mass is 10.2. The molecule has 0 spiro atoms. The summed E-state index contributed by atoms with van der Waals surface area (Å²) in [7, 11) is 3.85. The van der Waals surface area contributed by atoms with E-state index < -0.39 is 8.07 Å². The third kappa shape index (κ3) is 6.00. The maximum absolute atomic E-state index is 5.50. The Labute approximate surface area is 211 Å². The lowest BCUT2D eigenvalue weighted by molar-refractivity contribution is 0.399. The lowest BCUT2D eigenvalue weighted by Gasteiger charge is -2.38. The molecule has 0 amide bonds. The zero-order valence-electron chi connectivity index (χ0n) is 22.6. The summed E-state index contributed by atoms with van der Waals surface area (Å²) in [5.41, 5.74) is 9.05. The largest absolute Gasteiger partial charge is 0.481 e. The number of nitrogens with one attached hydrogen (secondary N) is 1. The fourth-order valence-corrected chi connectivity index (χ4v) is 10.3. The molecular weight excluding hydrogens is 450 g/mol. The van der Waals surface area contributed by atoms with E-state index >= 15 is 0 Å². The van der Waals surface area contributed by atoms with Gasteiger partial charge in [0.25, 0.3) is 0 Å². The topological polar surface area (TPSA) is 63.2 Å². The Morgan fingerprint density at radius 3 is 2.29 bits per heavy atom. The Balaban J connectivity index is 2.03. The fourth-order valence-electron chi connectivity index (χ4n) is 5.10. The van der Waals surface area contributed by atoms with Crippen LogP contribution in [-0.4, -0.2) is 49.1 Å². The van der Waals surface area contributed by atoms with Gasteiger partial charge in [-0.05, 0) is 48.4 Å². The van der Waals surface area contributed by atoms with E-state index in [2.05, 4.69) is 99.4 Å². The van der Waals surface area contributed by atoms with Crippen molar-refractivity contribution in [1.29, 1.82) is 0 Å². The van der Waals surface area contributed by atoms with E-state index in [0.717, 1.165) is 23.2 Å². The van der Waals surface area contributed by atoms with Gasteiger partial charge in [-0.2, -0.15) is 9.97 Å². The number of pyridine rings is 1. The number of anilines is 2. The van der Waals surface area contributed by atoms with Gasteiger partial charge in [0.05, 0.1) is 12.5 Å². The van der Waals surface area contributed by atoms with Crippen LogP contribution in [0.4, 0.5) is 11.6 Å². The lowest BCUT2D eigenvalue weighted by Crippen LogP contribution is -2.43. The number of fused-ring (bicyclic) bond motifs is 1. The molecule has 0 bridgehead atoms. The van der Waals surface area contributed by atoms with Crippen molar-refractivity contribution in [3.05, 3.63) is 47.7 Å². The second kappa shape index (κ2) is 11.2. The molecule has 0 saturated carbocycles. The van der Waals surface area contributed by atoms with Gasteiger partial charge in [0.15, 0.2) is 5.65 Å². The Morgan fingerprint density at radius 1 is 1.00 bits per heavy atom. The first-order valence-electron chi connectivity index (χ1n) is 12.3. The molecule has 0 aliphatic heterocycles. The molecule has 3 aromatic rings. The third-order valence-corrected chi connectivity index (χ3v) is 13.0. The fraction of sp³-hybridized carbons (Fsp3) is 0.464. The molecule has 0 fully saturated rings. The molecule has 35 heavy (non-hydrogen) atoms. The molecular formula is C28H39N5OSi. The maximum atomic E-state index is 5.50. The summed E-state index contributed by atoms with van der Waals surface area (Å²) in [6.07, 6.45) is 1.81. The molecule has 1 N–H and O–H groups in total. The quantitative estimate of drug-likeness (QED) is 0.291. The van der Waals surface area contributed by atoms with Crippen molar-refractivity contribution in [2.75, 3.05) is 26.5 Å². The van der Waals surface area contributed by atoms with E-state index in [1.807, 2.05) is 24.4 Å². The summed E-state index contributed by atoms with van der Waals surface area (Å²) in [6, 6.07) is 10.2. The van der Waals surface area contributed by atoms with E-state index in [1.165, 1.54) is 5.56 Å². The Kier molecular flexibility index (Phi) is 8.52. The van der Waals surface area contributed by atoms with Gasteiger partial charge in [0.2, 0.25) is 11.8 Å². The highest BCUT2D eigenvalue weighted by molar-refractivity contribution is 6.90. The zero-order valence-corrected chi connectivity index (χ0v) is 23.6. The first-order chi connectivity index (χ1) is 16.6. The molecule has 2 aromatic heterocycles. The van der Waals surface area contributed by atoms with Crippen molar-refractivity contribution in [2.45, 2.75) is 64.7 Å². The SMILES string of the molecule is COc1cc(C#C[Si](C(C)C)(C(C)C)C(C)C)c2cnc(Nc3cccc(CN(C)C)c3)nc2n1. The van der Waals surface area contributed by atoms with Crippen molar-refractivity contribution in [2.24, 2.45) is 0 Å². The number of methoxy groups -OCH3 is 1. The minimum Gasteiger partial charge on any atom is -0.481 e. The highest BCUT2D eigenvalue weighted by Gasteiger charge is 2.41. The standard InChI is InChI=1S/C28H39N5OSi/c1-19(2)35(20(3)4,21(5)6)14-13-23-16-26(34-9)31-27-25(23)17-29-28(32-27)30-24-12-10-11-22(15-24)18-33(7)8/h10-12,15-17,19-21H,18H2,1-9H3,(H,29,30,31,32). The van der Waals surface area contributed by atoms with Crippen LogP contribution in [0.1, 0.15) is 52.7 Å². The average molecular weight is 490 g/mol. The number of benzene rings is 1. The van der Waals surface area contributed by atoms with Crippen molar-refractivity contribution in [1.82, 2.24) is 19.9 Å². The molecule has 0 unspecified atom stereocenters. The van der Waals surface area contributed by atoms with Crippen LogP contribution in [-0.2, 0) is 6.54 Å². The molecule has 3 rings (SSSR count). The van der Waals surface area contributed by atoms with Gasteiger partial charge in [-0.25, -0.2) is 4.98 Å². The molecule has 0 aliphatic rings. The van der Waals surface area contributed by atoms with Crippen LogP contribution in [0.15, 0.2) is 36.5 Å². The summed E-state index contributed by atoms with van der Waals surface area (Å²) < 4.78 is 5.50. The predicted molar refractivity (Wildman–Crippen MR) is 149 cm³/mol. The summed E-state index contributed by atoms with van der Waals surface area (Å²) >= 11 is 0. The van der Waals surface area contributed by atoms with E-state index in [4.69, 9.17) is 9.72 Å². The van der Waals surface area contributed by atoms with E-state index in [1.54, 1.807) is 7.11 Å². The maximum Gasteiger partial charge on any atom is 0.229 e. The highest BCUT2D eigenvalue weighted by Crippen LogP contribution is 2.41. The normalized spacial score (nSPS) is 11.9. The number of hydrogen-bond donors (Lipinski definition) is 1. The molecule has 1 aromatic carbocycles. The van der Waals surface area contributed by atoms with Crippen molar-refractivity contribution in [3.8, 4) is 17.3 Å². The second-order valence-corrected chi connectivity index (χ2v) is 15.9. The highest BCUT2D eigenvalue weighted by atomic mass is 28.3. The van der Waals surface area contributed by atoms with E-state index in [9.17, 15) is 0 Å². The number of nitrogens with zero attached hydrogens (tertiary/aromatic N) is 4. The second-order valence-electron chi connectivity index (χ2n) is 10.4. The van der Waals surface area contributed by atoms with Gasteiger partial charge in [0.1, 0.15) is 8.07 Å². The minimum absolute atomic E-state index is 0.495. The molecule has 0 radical (unpaired) electrons. The summed E-state index contributed by atoms with van der Waals surface area (Å²) in [4.78, 5) is 16.0. The van der Waals surface area contributed by atoms with Crippen molar-refractivity contribution >= 4 is 30.7 Å². The van der Waals surface area contributed by atoms with Gasteiger partial charge in [0, 0.05) is 30.1 Å². The van der Waals surface area contributed by atoms with Gasteiger partial charge in [-0.15, -0.1) is 5.54 Å². The van der Waals surface area contributed by atoms with Crippen molar-refractivity contribution < 1.29 is 4.74 Å². The molecule has 7 heteroatoms. The summed E-state index contributed by atoms with van der Waals surface area (Å²) in [6.45, 7) is 14.8. The molecule has 6 nitrogen and oxygen atoms in total. The molecule has 0 atom stereocenters. The number of aromatic nitrogens is 3. The Bertz CT molecular complexity index is 1210. The zero-order chi connectivity index (χ0) is 25.8. The van der Waals surface area contributed by atoms with Gasteiger partial charge in [-0.1, -0.05) is 59.6 Å². The van der Waals surface area contributed by atoms with E-state index in [0.29, 0.717) is 34.1 Å². The molecule has 186 valence electrons. The third-order valence-electron chi connectivity index (χ3n) is 6.71. The van der Waals surface area contributed by atoms with E-state index in [-0.39, 0.29) is 0 Å². The van der Waals surface area contributed by atoms with Crippen LogP contribution >= 0.6 is 0 Å². The van der Waals surface area contributed by atoms with Crippen LogP contribution < -0.4 is 10.1 Å². The monoisotopic (exact) mass is 489 g/mol.